The van der Waals surface area contributed by atoms with Crippen LogP contribution in [0.4, 0.5) is 0 Å². The van der Waals surface area contributed by atoms with Crippen LogP contribution < -0.4 is 0 Å². The Morgan fingerprint density at radius 3 is 2.20 bits per heavy atom. The van der Waals surface area contributed by atoms with Crippen molar-refractivity contribution in [1.29, 1.82) is 0 Å². The van der Waals surface area contributed by atoms with Gasteiger partial charge in [0.15, 0.2) is 0 Å². The number of unbranched alkanes of at least 4 members (excludes halogenated alkanes) is 2. The Hall–Kier alpha value is -1.69. The molecule has 1 N–H and O–H groups in total. The van der Waals surface area contributed by atoms with E-state index in [1.54, 1.807) is 4.90 Å². The molecule has 0 saturated carbocycles. The lowest BCUT2D eigenvalue weighted by molar-refractivity contribution is -0.137. The summed E-state index contributed by atoms with van der Waals surface area (Å²) in [6, 6.07) is -0.181. The lowest BCUT2D eigenvalue weighted by atomic mass is 9.96. The van der Waals surface area contributed by atoms with Crippen molar-refractivity contribution >= 4 is 17.7 Å². The van der Waals surface area contributed by atoms with Crippen molar-refractivity contribution in [2.75, 3.05) is 19.7 Å². The molecule has 0 aromatic carbocycles. The predicted molar refractivity (Wildman–Crippen MR) is 96.6 cm³/mol. The van der Waals surface area contributed by atoms with E-state index in [9.17, 15) is 19.5 Å². The topological polar surface area (TPSA) is 77.9 Å². The maximum atomic E-state index is 12.5. The highest BCUT2D eigenvalue weighted by Crippen LogP contribution is 2.16. The lowest BCUT2D eigenvalue weighted by Crippen LogP contribution is -2.43. The van der Waals surface area contributed by atoms with E-state index in [1.807, 2.05) is 6.92 Å². The minimum atomic E-state index is -0.258. The molecule has 0 radical (unpaired) electrons. The summed E-state index contributed by atoms with van der Waals surface area (Å²) in [4.78, 5) is 38.4. The summed E-state index contributed by atoms with van der Waals surface area (Å²) in [5, 5.41) is 9.42. The van der Waals surface area contributed by atoms with Gasteiger partial charge in [-0.1, -0.05) is 27.2 Å². The van der Waals surface area contributed by atoms with Gasteiger partial charge in [-0.3, -0.25) is 19.3 Å². The maximum Gasteiger partial charge on any atom is 0.253 e. The Labute approximate surface area is 150 Å². The van der Waals surface area contributed by atoms with Crippen molar-refractivity contribution < 1.29 is 19.5 Å². The maximum absolute atomic E-state index is 12.5. The van der Waals surface area contributed by atoms with Crippen molar-refractivity contribution in [3.63, 3.8) is 0 Å². The van der Waals surface area contributed by atoms with Gasteiger partial charge in [-0.25, -0.2) is 0 Å². The molecule has 3 amide bonds. The SMILES string of the molecule is CC(C)C(C)CN(C(=O)CCCCCN1C(=O)C=CC1=O)C(C)CO. The second-order valence-corrected chi connectivity index (χ2v) is 7.27. The number of nitrogens with zero attached hydrogens (tertiary/aromatic N) is 2. The third-order valence-corrected chi connectivity index (χ3v) is 4.91. The number of imide groups is 1. The zero-order valence-corrected chi connectivity index (χ0v) is 15.9. The molecule has 0 aromatic heterocycles. The van der Waals surface area contributed by atoms with Gasteiger partial charge in [0.25, 0.3) is 11.8 Å². The molecule has 6 nitrogen and oxygen atoms in total. The van der Waals surface area contributed by atoms with Gasteiger partial charge < -0.3 is 10.0 Å². The predicted octanol–water partition coefficient (Wildman–Crippen LogP) is 1.97. The van der Waals surface area contributed by atoms with Gasteiger partial charge >= 0.3 is 0 Å². The first kappa shape index (κ1) is 21.4. The number of aliphatic hydroxyl groups is 1. The highest BCUT2D eigenvalue weighted by Gasteiger charge is 2.24. The van der Waals surface area contributed by atoms with Gasteiger partial charge in [0, 0.05) is 31.7 Å². The van der Waals surface area contributed by atoms with Crippen molar-refractivity contribution in [3.8, 4) is 0 Å². The Balaban J connectivity index is 2.36. The third kappa shape index (κ3) is 6.61. The van der Waals surface area contributed by atoms with Gasteiger partial charge in [0.05, 0.1) is 12.6 Å². The van der Waals surface area contributed by atoms with Crippen molar-refractivity contribution in [1.82, 2.24) is 9.80 Å². The highest BCUT2D eigenvalue weighted by atomic mass is 16.3. The van der Waals surface area contributed by atoms with Crippen LogP contribution in [0, 0.1) is 11.8 Å². The number of carbonyl (C=O) groups is 3. The number of hydrogen-bond acceptors (Lipinski definition) is 4. The molecule has 25 heavy (non-hydrogen) atoms. The Morgan fingerprint density at radius 1 is 1.08 bits per heavy atom. The smallest absolute Gasteiger partial charge is 0.253 e. The van der Waals surface area contributed by atoms with Crippen LogP contribution in [-0.2, 0) is 14.4 Å². The molecule has 0 fully saturated rings. The fraction of sp³-hybridized carbons (Fsp3) is 0.737. The summed E-state index contributed by atoms with van der Waals surface area (Å²) in [6.07, 6.45) is 5.20. The lowest BCUT2D eigenvalue weighted by Gasteiger charge is -2.32. The average molecular weight is 352 g/mol. The van der Waals surface area contributed by atoms with E-state index in [1.165, 1.54) is 17.1 Å². The fourth-order valence-electron chi connectivity index (χ4n) is 2.67. The van der Waals surface area contributed by atoms with Crippen molar-refractivity contribution in [2.45, 2.75) is 59.4 Å². The molecule has 1 heterocycles. The van der Waals surface area contributed by atoms with Crippen LogP contribution in [0.3, 0.4) is 0 Å². The summed E-state index contributed by atoms with van der Waals surface area (Å²) in [5.74, 6) is 0.394. The minimum absolute atomic E-state index is 0.0390. The molecule has 0 bridgehead atoms. The van der Waals surface area contributed by atoms with E-state index in [4.69, 9.17) is 0 Å². The first-order valence-electron chi connectivity index (χ1n) is 9.21. The molecule has 0 spiro atoms. The average Bonchev–Trinajstić information content (AvgIpc) is 2.89. The zero-order chi connectivity index (χ0) is 19.0. The number of carbonyl (C=O) groups excluding carboxylic acids is 3. The second-order valence-electron chi connectivity index (χ2n) is 7.27. The van der Waals surface area contributed by atoms with E-state index < -0.39 is 0 Å². The summed E-state index contributed by atoms with van der Waals surface area (Å²) in [6.45, 7) is 9.26. The molecule has 1 rings (SSSR count). The van der Waals surface area contributed by atoms with Crippen LogP contribution in [0.15, 0.2) is 12.2 Å². The van der Waals surface area contributed by atoms with Crippen LogP contribution in [-0.4, -0.2) is 58.4 Å². The van der Waals surface area contributed by atoms with Crippen LogP contribution in [0.2, 0.25) is 0 Å². The van der Waals surface area contributed by atoms with Crippen LogP contribution in [0.1, 0.15) is 53.4 Å². The highest BCUT2D eigenvalue weighted by molar-refractivity contribution is 6.12. The van der Waals surface area contributed by atoms with E-state index >= 15 is 0 Å². The van der Waals surface area contributed by atoms with Crippen LogP contribution in [0.5, 0.6) is 0 Å². The molecule has 2 unspecified atom stereocenters. The summed E-state index contributed by atoms with van der Waals surface area (Å²) in [5.41, 5.74) is 0. The number of amides is 3. The molecule has 0 saturated heterocycles. The first-order chi connectivity index (χ1) is 11.8. The van der Waals surface area contributed by atoms with Crippen molar-refractivity contribution in [2.24, 2.45) is 11.8 Å². The third-order valence-electron chi connectivity index (χ3n) is 4.91. The summed E-state index contributed by atoms with van der Waals surface area (Å²) >= 11 is 0. The van der Waals surface area contributed by atoms with Gasteiger partial charge in [-0.2, -0.15) is 0 Å². The molecule has 6 heteroatoms. The Morgan fingerprint density at radius 2 is 1.68 bits per heavy atom. The van der Waals surface area contributed by atoms with E-state index in [-0.39, 0.29) is 30.4 Å². The molecule has 1 aliphatic heterocycles. The Kier molecular flexibility index (Phi) is 8.83. The Bertz CT molecular complexity index is 484. The van der Waals surface area contributed by atoms with Gasteiger partial charge in [-0.15, -0.1) is 0 Å². The quantitative estimate of drug-likeness (QED) is 0.455. The second kappa shape index (κ2) is 10.3. The zero-order valence-electron chi connectivity index (χ0n) is 15.9. The number of hydrogen-bond donors (Lipinski definition) is 1. The largest absolute Gasteiger partial charge is 0.394 e. The van der Waals surface area contributed by atoms with E-state index in [2.05, 4.69) is 20.8 Å². The van der Waals surface area contributed by atoms with Crippen LogP contribution in [0.25, 0.3) is 0 Å². The van der Waals surface area contributed by atoms with Crippen molar-refractivity contribution in [3.05, 3.63) is 12.2 Å². The molecule has 1 aliphatic rings. The van der Waals surface area contributed by atoms with Crippen LogP contribution >= 0.6 is 0 Å². The number of aliphatic hydroxyl groups excluding tert-OH is 1. The molecule has 0 aliphatic carbocycles. The molecule has 142 valence electrons. The minimum Gasteiger partial charge on any atom is -0.394 e. The fourth-order valence-corrected chi connectivity index (χ4v) is 2.67. The molecule has 2 atom stereocenters. The summed E-state index contributed by atoms with van der Waals surface area (Å²) in [7, 11) is 0. The monoisotopic (exact) mass is 352 g/mol. The van der Waals surface area contributed by atoms with Gasteiger partial charge in [-0.05, 0) is 31.6 Å². The van der Waals surface area contributed by atoms with E-state index in [0.717, 1.165) is 6.42 Å². The van der Waals surface area contributed by atoms with E-state index in [0.29, 0.717) is 44.2 Å². The molecule has 0 aromatic rings. The normalized spacial score (nSPS) is 16.6. The van der Waals surface area contributed by atoms with Gasteiger partial charge in [0.2, 0.25) is 5.91 Å². The molecular weight excluding hydrogens is 320 g/mol. The molecular formula is C19H32N2O4. The summed E-state index contributed by atoms with van der Waals surface area (Å²) < 4.78 is 0. The standard InChI is InChI=1S/C19H32N2O4/c1-14(2)15(3)12-21(16(4)13-22)17(23)8-6-5-7-11-20-18(24)9-10-19(20)25/h9-10,14-16,22H,5-8,11-13H2,1-4H3. The van der Waals surface area contributed by atoms with Gasteiger partial charge in [0.1, 0.15) is 0 Å². The first-order valence-corrected chi connectivity index (χ1v) is 9.21. The number of rotatable bonds is 11.